The van der Waals surface area contributed by atoms with Crippen LogP contribution in [0.1, 0.15) is 42.1 Å². The van der Waals surface area contributed by atoms with Gasteiger partial charge in [0.25, 0.3) is 5.91 Å². The number of carbonyl (C=O) groups is 1. The van der Waals surface area contributed by atoms with Crippen LogP contribution in [0.25, 0.3) is 11.4 Å². The van der Waals surface area contributed by atoms with Gasteiger partial charge in [-0.2, -0.15) is 4.80 Å². The lowest BCUT2D eigenvalue weighted by Gasteiger charge is -2.28. The summed E-state index contributed by atoms with van der Waals surface area (Å²) in [6, 6.07) is 15.6. The Hall–Kier alpha value is -3.42. The Morgan fingerprint density at radius 2 is 1.77 bits per heavy atom. The molecule has 0 bridgehead atoms. The highest BCUT2D eigenvalue weighted by Gasteiger charge is 2.27. The first kappa shape index (κ1) is 18.6. The van der Waals surface area contributed by atoms with Gasteiger partial charge in [0.15, 0.2) is 11.5 Å². The molecule has 3 aromatic rings. The van der Waals surface area contributed by atoms with Crippen LogP contribution < -0.4 is 14.8 Å². The van der Waals surface area contributed by atoms with E-state index in [4.69, 9.17) is 9.47 Å². The van der Waals surface area contributed by atoms with Gasteiger partial charge in [-0.15, -0.1) is 10.2 Å². The largest absolute Gasteiger partial charge is 0.486 e. The van der Waals surface area contributed by atoms with E-state index in [1.54, 1.807) is 10.9 Å². The minimum Gasteiger partial charge on any atom is -0.486 e. The molecule has 2 heterocycles. The third kappa shape index (κ3) is 3.72. The number of rotatable bonds is 4. The summed E-state index contributed by atoms with van der Waals surface area (Å²) in [5, 5.41) is 16.2. The number of amides is 1. The summed E-state index contributed by atoms with van der Waals surface area (Å²) < 4.78 is 11.2. The lowest BCUT2D eigenvalue weighted by Crippen LogP contribution is -2.38. The molecule has 0 unspecified atom stereocenters. The van der Waals surface area contributed by atoms with Crippen LogP contribution in [0.3, 0.4) is 0 Å². The third-order valence-corrected chi connectivity index (χ3v) is 5.63. The second kappa shape index (κ2) is 8.14. The molecule has 8 nitrogen and oxygen atoms in total. The van der Waals surface area contributed by atoms with Crippen molar-refractivity contribution in [2.75, 3.05) is 13.2 Å². The summed E-state index contributed by atoms with van der Waals surface area (Å²) >= 11 is 0. The first-order valence-electron chi connectivity index (χ1n) is 10.3. The van der Waals surface area contributed by atoms with Crippen molar-refractivity contribution in [1.82, 2.24) is 25.5 Å². The highest BCUT2D eigenvalue weighted by atomic mass is 16.6. The number of hydrogen-bond donors (Lipinski definition) is 1. The molecule has 5 rings (SSSR count). The molecule has 1 fully saturated rings. The maximum Gasteiger partial charge on any atom is 0.255 e. The van der Waals surface area contributed by atoms with E-state index in [1.165, 1.54) is 0 Å². The normalized spacial score (nSPS) is 20.5. The molecule has 1 N–H and O–H groups in total. The molecule has 2 aliphatic rings. The molecule has 154 valence electrons. The van der Waals surface area contributed by atoms with E-state index < -0.39 is 0 Å². The van der Waals surface area contributed by atoms with E-state index in [1.807, 2.05) is 42.5 Å². The summed E-state index contributed by atoms with van der Waals surface area (Å²) in [6.07, 6.45) is 3.51. The molecule has 30 heavy (non-hydrogen) atoms. The van der Waals surface area contributed by atoms with Gasteiger partial charge in [0, 0.05) is 11.6 Å². The fourth-order valence-corrected chi connectivity index (χ4v) is 4.05. The van der Waals surface area contributed by atoms with Gasteiger partial charge in [-0.25, -0.2) is 0 Å². The molecule has 1 saturated carbocycles. The number of nitrogens with one attached hydrogen (secondary N) is 1. The predicted molar refractivity (Wildman–Crippen MR) is 109 cm³/mol. The first-order valence-corrected chi connectivity index (χ1v) is 10.3. The van der Waals surface area contributed by atoms with Crippen molar-refractivity contribution in [2.24, 2.45) is 0 Å². The Morgan fingerprint density at radius 1 is 0.967 bits per heavy atom. The van der Waals surface area contributed by atoms with Crippen molar-refractivity contribution in [3.05, 3.63) is 54.1 Å². The lowest BCUT2D eigenvalue weighted by atomic mass is 9.91. The van der Waals surface area contributed by atoms with Crippen molar-refractivity contribution in [1.29, 1.82) is 0 Å². The van der Waals surface area contributed by atoms with Crippen molar-refractivity contribution < 1.29 is 14.3 Å². The van der Waals surface area contributed by atoms with E-state index in [-0.39, 0.29) is 18.0 Å². The minimum absolute atomic E-state index is 0.117. The number of carbonyl (C=O) groups excluding carboxylic acids is 1. The molecule has 0 radical (unpaired) electrons. The highest BCUT2D eigenvalue weighted by molar-refractivity contribution is 5.98. The van der Waals surface area contributed by atoms with E-state index in [0.29, 0.717) is 36.1 Å². The molecule has 0 spiro atoms. The summed E-state index contributed by atoms with van der Waals surface area (Å²) in [7, 11) is 0. The van der Waals surface area contributed by atoms with Gasteiger partial charge in [-0.3, -0.25) is 4.79 Å². The zero-order chi connectivity index (χ0) is 20.3. The summed E-state index contributed by atoms with van der Waals surface area (Å²) in [4.78, 5) is 14.5. The van der Waals surface area contributed by atoms with Crippen LogP contribution >= 0.6 is 0 Å². The monoisotopic (exact) mass is 405 g/mol. The number of benzene rings is 2. The van der Waals surface area contributed by atoms with E-state index in [9.17, 15) is 4.79 Å². The Kier molecular flexibility index (Phi) is 5.04. The number of hydrogen-bond acceptors (Lipinski definition) is 6. The quantitative estimate of drug-likeness (QED) is 0.717. The zero-order valence-electron chi connectivity index (χ0n) is 16.5. The number of fused-ring (bicyclic) bond motifs is 1. The van der Waals surface area contributed by atoms with Gasteiger partial charge in [-0.05, 0) is 43.0 Å². The Morgan fingerprint density at radius 3 is 2.60 bits per heavy atom. The van der Waals surface area contributed by atoms with Crippen molar-refractivity contribution in [3.63, 3.8) is 0 Å². The molecule has 0 atom stereocenters. The molecule has 1 aromatic heterocycles. The summed E-state index contributed by atoms with van der Waals surface area (Å²) in [5.74, 6) is 1.69. The van der Waals surface area contributed by atoms with Crippen LogP contribution in [0, 0.1) is 0 Å². The Bertz CT molecular complexity index is 1030. The van der Waals surface area contributed by atoms with Gasteiger partial charge >= 0.3 is 0 Å². The number of tetrazole rings is 1. The Balaban J connectivity index is 1.20. The SMILES string of the molecule is O=C(NC1CCC(n2nnc(-c3ccccc3)n2)CC1)c1cccc2c1OCCO2. The molecule has 0 saturated heterocycles. The van der Waals surface area contributed by atoms with Crippen LogP contribution in [0.2, 0.25) is 0 Å². The van der Waals surface area contributed by atoms with Crippen molar-refractivity contribution >= 4 is 5.91 Å². The van der Waals surface area contributed by atoms with Crippen LogP contribution in [-0.4, -0.2) is 45.4 Å². The van der Waals surface area contributed by atoms with Gasteiger partial charge in [-0.1, -0.05) is 36.4 Å². The number of aromatic nitrogens is 4. The van der Waals surface area contributed by atoms with E-state index in [0.717, 1.165) is 31.2 Å². The molecule has 1 amide bonds. The maximum absolute atomic E-state index is 12.8. The number of nitrogens with zero attached hydrogens (tertiary/aromatic N) is 4. The second-order valence-electron chi connectivity index (χ2n) is 7.61. The molecule has 8 heteroatoms. The standard InChI is InChI=1S/C22H23N5O3/c28-22(18-7-4-8-19-20(18)30-14-13-29-19)23-16-9-11-17(12-10-16)27-25-21(24-26-27)15-5-2-1-3-6-15/h1-8,16-17H,9-14H2,(H,23,28). The van der Waals surface area contributed by atoms with Crippen LogP contribution in [0.4, 0.5) is 0 Å². The molecule has 1 aliphatic heterocycles. The number of para-hydroxylation sites is 1. The minimum atomic E-state index is -0.119. The lowest BCUT2D eigenvalue weighted by molar-refractivity contribution is 0.0909. The fourth-order valence-electron chi connectivity index (χ4n) is 4.05. The molecule has 1 aliphatic carbocycles. The molecular weight excluding hydrogens is 382 g/mol. The van der Waals surface area contributed by atoms with Gasteiger partial charge < -0.3 is 14.8 Å². The van der Waals surface area contributed by atoms with Crippen LogP contribution in [0.15, 0.2) is 48.5 Å². The van der Waals surface area contributed by atoms with Crippen LogP contribution in [-0.2, 0) is 0 Å². The maximum atomic E-state index is 12.8. The summed E-state index contributed by atoms with van der Waals surface area (Å²) in [6.45, 7) is 0.961. The van der Waals surface area contributed by atoms with E-state index >= 15 is 0 Å². The van der Waals surface area contributed by atoms with Gasteiger partial charge in [0.05, 0.1) is 11.6 Å². The smallest absolute Gasteiger partial charge is 0.255 e. The van der Waals surface area contributed by atoms with Crippen molar-refractivity contribution in [3.8, 4) is 22.9 Å². The molecule has 2 aromatic carbocycles. The van der Waals surface area contributed by atoms with Crippen LogP contribution in [0.5, 0.6) is 11.5 Å². The average Bonchev–Trinajstić information content (AvgIpc) is 3.30. The number of ether oxygens (including phenoxy) is 2. The topological polar surface area (TPSA) is 91.2 Å². The van der Waals surface area contributed by atoms with Crippen molar-refractivity contribution in [2.45, 2.75) is 37.8 Å². The van der Waals surface area contributed by atoms with E-state index in [2.05, 4.69) is 20.7 Å². The highest BCUT2D eigenvalue weighted by Crippen LogP contribution is 2.34. The fraction of sp³-hybridized carbons (Fsp3) is 0.364. The molecular formula is C22H23N5O3. The Labute approximate surface area is 174 Å². The second-order valence-corrected chi connectivity index (χ2v) is 7.61. The average molecular weight is 405 g/mol. The zero-order valence-corrected chi connectivity index (χ0v) is 16.5. The predicted octanol–water partition coefficient (Wildman–Crippen LogP) is 3.03. The third-order valence-electron chi connectivity index (χ3n) is 5.63. The van der Waals surface area contributed by atoms with Gasteiger partial charge in [0.2, 0.25) is 5.82 Å². The summed E-state index contributed by atoms with van der Waals surface area (Å²) in [5.41, 5.74) is 1.49. The van der Waals surface area contributed by atoms with Gasteiger partial charge in [0.1, 0.15) is 13.2 Å². The first-order chi connectivity index (χ1) is 14.8.